The number of hydrogen-bond donors (Lipinski definition) is 4. The molecule has 4 N–H and O–H groups in total. The minimum Gasteiger partial charge on any atom is -0.460 e. The van der Waals surface area contributed by atoms with E-state index in [1.807, 2.05) is 0 Å². The molecular formula is C24H17Cl2F3N4O2. The molecule has 0 spiro atoms. The Hall–Kier alpha value is -3.56. The summed E-state index contributed by atoms with van der Waals surface area (Å²) in [6.07, 6.45) is -5.04. The highest BCUT2D eigenvalue weighted by Crippen LogP contribution is 2.41. The molecule has 0 saturated carbocycles. The first-order valence-corrected chi connectivity index (χ1v) is 11.1. The fraction of sp³-hybridized carbons (Fsp3) is 0.125. The van der Waals surface area contributed by atoms with Gasteiger partial charge in [0.15, 0.2) is 6.29 Å². The molecule has 3 aromatic carbocycles. The van der Waals surface area contributed by atoms with E-state index in [0.717, 1.165) is 12.1 Å². The van der Waals surface area contributed by atoms with E-state index in [2.05, 4.69) is 21.3 Å². The molecule has 1 amide bonds. The number of nitrogens with one attached hydrogen (secondary N) is 4. The number of carbonyl (C=O) groups excluding carboxylic acids is 1. The highest BCUT2D eigenvalue weighted by molar-refractivity contribution is 6.39. The van der Waals surface area contributed by atoms with E-state index in [9.17, 15) is 18.0 Å². The molecule has 0 fully saturated rings. The van der Waals surface area contributed by atoms with Crippen molar-refractivity contribution < 1.29 is 22.4 Å². The number of hydrogen-bond acceptors (Lipinski definition) is 5. The second kappa shape index (κ2) is 8.58. The molecule has 5 rings (SSSR count). The van der Waals surface area contributed by atoms with Gasteiger partial charge in [0, 0.05) is 11.1 Å². The Balaban J connectivity index is 1.46. The van der Waals surface area contributed by atoms with Crippen LogP contribution < -0.4 is 21.3 Å². The summed E-state index contributed by atoms with van der Waals surface area (Å²) >= 11 is 12.5. The number of alkyl halides is 3. The van der Waals surface area contributed by atoms with Gasteiger partial charge in [-0.25, -0.2) is 0 Å². The lowest BCUT2D eigenvalue weighted by atomic mass is 10.1. The van der Waals surface area contributed by atoms with Crippen LogP contribution in [0.4, 0.5) is 35.9 Å². The second-order valence-corrected chi connectivity index (χ2v) is 8.76. The molecule has 11 heteroatoms. The zero-order chi connectivity index (χ0) is 24.9. The van der Waals surface area contributed by atoms with Crippen LogP contribution in [0.25, 0.3) is 11.0 Å². The van der Waals surface area contributed by atoms with Gasteiger partial charge in [0.1, 0.15) is 11.3 Å². The summed E-state index contributed by atoms with van der Waals surface area (Å²) in [4.78, 5) is 13.1. The van der Waals surface area contributed by atoms with Crippen LogP contribution in [-0.2, 0) is 6.18 Å². The number of carbonyl (C=O) groups is 1. The lowest BCUT2D eigenvalue weighted by Crippen LogP contribution is -2.31. The van der Waals surface area contributed by atoms with Crippen LogP contribution in [0.3, 0.4) is 0 Å². The average Bonchev–Trinajstić information content (AvgIpc) is 3.37. The highest BCUT2D eigenvalue weighted by atomic mass is 35.5. The van der Waals surface area contributed by atoms with Crippen LogP contribution in [0.5, 0.6) is 0 Å². The summed E-state index contributed by atoms with van der Waals surface area (Å²) in [5.41, 5.74) is 1.42. The minimum atomic E-state index is -4.53. The summed E-state index contributed by atoms with van der Waals surface area (Å²) < 4.78 is 45.0. The van der Waals surface area contributed by atoms with Crippen molar-refractivity contribution in [3.05, 3.63) is 81.5 Å². The van der Waals surface area contributed by atoms with Crippen molar-refractivity contribution in [1.82, 2.24) is 0 Å². The first kappa shape index (κ1) is 23.2. The Morgan fingerprint density at radius 3 is 2.46 bits per heavy atom. The van der Waals surface area contributed by atoms with Crippen LogP contribution in [0.2, 0.25) is 10.0 Å². The van der Waals surface area contributed by atoms with Crippen molar-refractivity contribution in [2.75, 3.05) is 21.3 Å². The third-order valence-corrected chi connectivity index (χ3v) is 6.09. The van der Waals surface area contributed by atoms with Gasteiger partial charge in [0.2, 0.25) is 0 Å². The number of para-hydroxylation sites is 1. The van der Waals surface area contributed by atoms with E-state index >= 15 is 0 Å². The van der Waals surface area contributed by atoms with Crippen molar-refractivity contribution in [2.45, 2.75) is 19.4 Å². The molecule has 0 bridgehead atoms. The molecule has 0 radical (unpaired) electrons. The lowest BCUT2D eigenvalue weighted by molar-refractivity contribution is -0.137. The summed E-state index contributed by atoms with van der Waals surface area (Å²) in [7, 11) is 0. The monoisotopic (exact) mass is 520 g/mol. The molecule has 0 saturated heterocycles. The van der Waals surface area contributed by atoms with E-state index in [0.29, 0.717) is 43.8 Å². The molecule has 180 valence electrons. The molecule has 1 unspecified atom stereocenters. The van der Waals surface area contributed by atoms with Gasteiger partial charge in [-0.2, -0.15) is 13.2 Å². The molecule has 1 aromatic heterocycles. The second-order valence-electron chi connectivity index (χ2n) is 7.94. The fourth-order valence-corrected chi connectivity index (χ4v) is 4.43. The van der Waals surface area contributed by atoms with Crippen molar-refractivity contribution >= 4 is 62.8 Å². The van der Waals surface area contributed by atoms with Gasteiger partial charge in [-0.1, -0.05) is 35.3 Å². The molecule has 35 heavy (non-hydrogen) atoms. The van der Waals surface area contributed by atoms with E-state index in [1.54, 1.807) is 37.3 Å². The Morgan fingerprint density at radius 2 is 1.74 bits per heavy atom. The van der Waals surface area contributed by atoms with Gasteiger partial charge in [-0.3, -0.25) is 4.79 Å². The number of fused-ring (bicyclic) bond motifs is 3. The third kappa shape index (κ3) is 4.44. The zero-order valence-corrected chi connectivity index (χ0v) is 19.5. The molecule has 6 nitrogen and oxygen atoms in total. The molecule has 1 aliphatic heterocycles. The predicted molar refractivity (Wildman–Crippen MR) is 131 cm³/mol. The maximum Gasteiger partial charge on any atom is 0.416 e. The number of amides is 1. The average molecular weight is 521 g/mol. The maximum atomic E-state index is 13.1. The normalized spacial score (nSPS) is 14.9. The van der Waals surface area contributed by atoms with Crippen molar-refractivity contribution in [2.24, 2.45) is 0 Å². The molecule has 1 atom stereocenters. The number of aryl methyl sites for hydroxylation is 1. The number of halogens is 5. The predicted octanol–water partition coefficient (Wildman–Crippen LogP) is 7.55. The van der Waals surface area contributed by atoms with E-state index < -0.39 is 23.9 Å². The molecule has 0 aliphatic carbocycles. The van der Waals surface area contributed by atoms with Gasteiger partial charge in [-0.15, -0.1) is 0 Å². The number of benzene rings is 3. The molecule has 1 aliphatic rings. The lowest BCUT2D eigenvalue weighted by Gasteiger charge is -2.17. The number of rotatable bonds is 4. The van der Waals surface area contributed by atoms with Crippen LogP contribution >= 0.6 is 23.2 Å². The Labute approximate surface area is 207 Å². The van der Waals surface area contributed by atoms with Crippen LogP contribution in [0, 0.1) is 6.92 Å². The topological polar surface area (TPSA) is 78.3 Å². The van der Waals surface area contributed by atoms with E-state index in [1.165, 1.54) is 12.1 Å². The van der Waals surface area contributed by atoms with Crippen LogP contribution in [0.1, 0.15) is 21.7 Å². The number of furan rings is 1. The van der Waals surface area contributed by atoms with E-state index in [4.69, 9.17) is 27.6 Å². The van der Waals surface area contributed by atoms with Crippen LogP contribution in [0.15, 0.2) is 59.0 Å². The summed E-state index contributed by atoms with van der Waals surface area (Å²) in [5, 5.41) is 13.7. The minimum absolute atomic E-state index is 0.0146. The first-order chi connectivity index (χ1) is 16.6. The Kier molecular flexibility index (Phi) is 5.69. The number of anilines is 4. The molecular weight excluding hydrogens is 504 g/mol. The van der Waals surface area contributed by atoms with Gasteiger partial charge in [0.25, 0.3) is 5.91 Å². The quantitative estimate of drug-likeness (QED) is 0.223. The van der Waals surface area contributed by atoms with E-state index in [-0.39, 0.29) is 11.3 Å². The largest absolute Gasteiger partial charge is 0.460 e. The SMILES string of the molecule is Cc1cc2c3c(cc(C(=O)Nc4cccc(C(F)(F)F)c4)c2o1)NC(Nc1c(Cl)cccc1Cl)N3. The maximum absolute atomic E-state index is 13.1. The fourth-order valence-electron chi connectivity index (χ4n) is 3.92. The summed E-state index contributed by atoms with van der Waals surface area (Å²) in [5.74, 6) is -0.0484. The van der Waals surface area contributed by atoms with Crippen molar-refractivity contribution in [1.29, 1.82) is 0 Å². The van der Waals surface area contributed by atoms with Crippen molar-refractivity contribution in [3.8, 4) is 0 Å². The van der Waals surface area contributed by atoms with Crippen LogP contribution in [-0.4, -0.2) is 12.2 Å². The summed E-state index contributed by atoms with van der Waals surface area (Å²) in [6, 6.07) is 12.9. The Morgan fingerprint density at radius 1 is 1.03 bits per heavy atom. The third-order valence-electron chi connectivity index (χ3n) is 5.46. The summed E-state index contributed by atoms with van der Waals surface area (Å²) in [6.45, 7) is 1.74. The molecule has 2 heterocycles. The standard InChI is InChI=1S/C24H17Cl2F3N4O2/c1-11-8-14-19-18(31-23(32-19)33-20-16(25)6-3-7-17(20)26)10-15(21(14)35-11)22(34)30-13-5-2-4-12(9-13)24(27,28)29/h2-10,23,31-33H,1H3,(H,30,34). The zero-order valence-electron chi connectivity index (χ0n) is 18.0. The van der Waals surface area contributed by atoms with Gasteiger partial charge in [-0.05, 0) is 49.4 Å². The molecule has 4 aromatic rings. The Bertz CT molecular complexity index is 1450. The van der Waals surface area contributed by atoms with Gasteiger partial charge in [0.05, 0.1) is 38.2 Å². The van der Waals surface area contributed by atoms with Gasteiger partial charge >= 0.3 is 6.18 Å². The van der Waals surface area contributed by atoms with Crippen molar-refractivity contribution in [3.63, 3.8) is 0 Å². The first-order valence-electron chi connectivity index (χ1n) is 10.4. The highest BCUT2D eigenvalue weighted by Gasteiger charge is 2.31. The smallest absolute Gasteiger partial charge is 0.416 e. The van der Waals surface area contributed by atoms with Gasteiger partial charge < -0.3 is 25.7 Å².